The number of aromatic nitrogens is 2. The van der Waals surface area contributed by atoms with Crippen LogP contribution in [0.15, 0.2) is 158 Å². The fraction of sp³-hybridized carbons (Fsp3) is 0.0667. The highest BCUT2D eigenvalue weighted by molar-refractivity contribution is 6.13. The van der Waals surface area contributed by atoms with Gasteiger partial charge in [-0.1, -0.05) is 129 Å². The van der Waals surface area contributed by atoms with E-state index in [-0.39, 0.29) is 5.41 Å². The molecule has 0 atom stereocenters. The van der Waals surface area contributed by atoms with Gasteiger partial charge in [-0.25, -0.2) is 0 Å². The smallest absolute Gasteiger partial charge is 0.0588 e. The van der Waals surface area contributed by atoms with Gasteiger partial charge < -0.3 is 9.13 Å². The van der Waals surface area contributed by atoms with Crippen LogP contribution >= 0.6 is 0 Å². The van der Waals surface area contributed by atoms with E-state index in [9.17, 15) is 0 Å². The highest BCUT2D eigenvalue weighted by Crippen LogP contribution is 2.52. The number of fused-ring (bicyclic) bond motifs is 10. The summed E-state index contributed by atoms with van der Waals surface area (Å²) < 4.78 is 4.87. The van der Waals surface area contributed by atoms with Crippen molar-refractivity contribution in [2.24, 2.45) is 0 Å². The van der Waals surface area contributed by atoms with Crippen LogP contribution in [0.2, 0.25) is 0 Å². The summed E-state index contributed by atoms with van der Waals surface area (Å²) in [4.78, 5) is 0. The minimum atomic E-state index is -0.102. The van der Waals surface area contributed by atoms with Crippen LogP contribution < -0.4 is 0 Å². The van der Waals surface area contributed by atoms with Gasteiger partial charge in [0.05, 0.1) is 22.1 Å². The second-order valence-corrected chi connectivity index (χ2v) is 13.4. The molecule has 10 rings (SSSR count). The average molecular weight is 601 g/mol. The van der Waals surface area contributed by atoms with Crippen molar-refractivity contribution in [2.45, 2.75) is 19.3 Å². The first kappa shape index (κ1) is 26.4. The molecule has 9 aromatic rings. The zero-order valence-electron chi connectivity index (χ0n) is 26.4. The van der Waals surface area contributed by atoms with E-state index in [1.807, 2.05) is 0 Å². The van der Waals surface area contributed by atoms with E-state index in [0.717, 1.165) is 0 Å². The van der Waals surface area contributed by atoms with Crippen LogP contribution in [-0.4, -0.2) is 9.13 Å². The fourth-order valence-electron chi connectivity index (χ4n) is 8.39. The Bertz CT molecular complexity index is 2630. The van der Waals surface area contributed by atoms with Gasteiger partial charge in [0.25, 0.3) is 0 Å². The van der Waals surface area contributed by atoms with Crippen molar-refractivity contribution >= 4 is 43.6 Å². The van der Waals surface area contributed by atoms with Crippen molar-refractivity contribution in [3.05, 3.63) is 169 Å². The van der Waals surface area contributed by atoms with Gasteiger partial charge in [-0.15, -0.1) is 0 Å². The third kappa shape index (κ3) is 3.61. The third-order valence-corrected chi connectivity index (χ3v) is 10.5. The lowest BCUT2D eigenvalue weighted by Crippen LogP contribution is -2.16. The molecular weight excluding hydrogens is 569 g/mol. The summed E-state index contributed by atoms with van der Waals surface area (Å²) >= 11 is 0. The predicted octanol–water partition coefficient (Wildman–Crippen LogP) is 11.9. The van der Waals surface area contributed by atoms with Crippen LogP contribution in [0.4, 0.5) is 0 Å². The summed E-state index contributed by atoms with van der Waals surface area (Å²) in [5.74, 6) is 0. The molecule has 1 aliphatic rings. The van der Waals surface area contributed by atoms with Gasteiger partial charge in [0, 0.05) is 38.3 Å². The number of rotatable bonds is 3. The number of hydrogen-bond donors (Lipinski definition) is 0. The Morgan fingerprint density at radius 2 is 0.851 bits per heavy atom. The molecule has 0 spiro atoms. The van der Waals surface area contributed by atoms with E-state index in [2.05, 4.69) is 181 Å². The molecule has 0 amide bonds. The minimum Gasteiger partial charge on any atom is -0.309 e. The Morgan fingerprint density at radius 1 is 0.383 bits per heavy atom. The van der Waals surface area contributed by atoms with E-state index < -0.39 is 0 Å². The third-order valence-electron chi connectivity index (χ3n) is 10.5. The molecular formula is C45H32N2. The predicted molar refractivity (Wildman–Crippen MR) is 198 cm³/mol. The van der Waals surface area contributed by atoms with E-state index in [0.29, 0.717) is 0 Å². The normalized spacial score (nSPS) is 13.5. The van der Waals surface area contributed by atoms with E-state index >= 15 is 0 Å². The van der Waals surface area contributed by atoms with Gasteiger partial charge in [-0.3, -0.25) is 0 Å². The first-order valence-electron chi connectivity index (χ1n) is 16.5. The molecule has 0 aliphatic heterocycles. The highest BCUT2D eigenvalue weighted by Gasteiger charge is 2.38. The molecule has 2 heteroatoms. The van der Waals surface area contributed by atoms with Gasteiger partial charge >= 0.3 is 0 Å². The monoisotopic (exact) mass is 600 g/mol. The molecule has 222 valence electrons. The molecule has 2 nitrogen and oxygen atoms in total. The van der Waals surface area contributed by atoms with Crippen LogP contribution in [-0.2, 0) is 5.41 Å². The molecule has 0 N–H and O–H groups in total. The largest absolute Gasteiger partial charge is 0.309 e. The lowest BCUT2D eigenvalue weighted by molar-refractivity contribution is 0.664. The van der Waals surface area contributed by atoms with E-state index in [1.165, 1.54) is 88.4 Å². The first-order valence-corrected chi connectivity index (χ1v) is 16.5. The molecule has 47 heavy (non-hydrogen) atoms. The first-order chi connectivity index (χ1) is 23.1. The van der Waals surface area contributed by atoms with Gasteiger partial charge in [0.1, 0.15) is 0 Å². The van der Waals surface area contributed by atoms with Crippen molar-refractivity contribution in [3.8, 4) is 33.6 Å². The van der Waals surface area contributed by atoms with Crippen LogP contribution in [0.1, 0.15) is 25.0 Å². The molecule has 0 fully saturated rings. The molecule has 2 aromatic heterocycles. The van der Waals surface area contributed by atoms with E-state index in [1.54, 1.807) is 0 Å². The van der Waals surface area contributed by atoms with Crippen LogP contribution in [0.25, 0.3) is 77.2 Å². The summed E-state index contributed by atoms with van der Waals surface area (Å²) in [6.45, 7) is 4.76. The van der Waals surface area contributed by atoms with Gasteiger partial charge in [0.15, 0.2) is 0 Å². The number of hydrogen-bond acceptors (Lipinski definition) is 0. The zero-order chi connectivity index (χ0) is 31.3. The van der Waals surface area contributed by atoms with Crippen molar-refractivity contribution in [2.75, 3.05) is 0 Å². The number of nitrogens with zero attached hydrogens (tertiary/aromatic N) is 2. The quantitative estimate of drug-likeness (QED) is 0.191. The average Bonchev–Trinajstić information content (AvgIpc) is 3.72. The maximum absolute atomic E-state index is 2.49. The van der Waals surface area contributed by atoms with Gasteiger partial charge in [0.2, 0.25) is 0 Å². The molecule has 0 saturated heterocycles. The molecule has 0 saturated carbocycles. The van der Waals surface area contributed by atoms with E-state index in [4.69, 9.17) is 0 Å². The summed E-state index contributed by atoms with van der Waals surface area (Å²) in [7, 11) is 0. The van der Waals surface area contributed by atoms with Crippen molar-refractivity contribution in [3.63, 3.8) is 0 Å². The summed E-state index contributed by atoms with van der Waals surface area (Å²) in [6, 6.07) is 57.9. The number of benzene rings is 7. The Morgan fingerprint density at radius 3 is 1.45 bits per heavy atom. The molecule has 1 aliphatic carbocycles. The number of para-hydroxylation sites is 3. The molecule has 2 heterocycles. The zero-order valence-corrected chi connectivity index (χ0v) is 26.4. The summed E-state index contributed by atoms with van der Waals surface area (Å²) in [5.41, 5.74) is 15.2. The van der Waals surface area contributed by atoms with Crippen molar-refractivity contribution in [1.29, 1.82) is 0 Å². The lowest BCUT2D eigenvalue weighted by atomic mass is 9.81. The van der Waals surface area contributed by atoms with Crippen LogP contribution in [0.3, 0.4) is 0 Å². The topological polar surface area (TPSA) is 9.86 Å². The fourth-order valence-corrected chi connectivity index (χ4v) is 8.39. The maximum Gasteiger partial charge on any atom is 0.0588 e. The standard InChI is InChI=1S/C45H32N2/c1-45(2)39-15-7-3-11-33(39)37-27-28-38-36-14-6-10-18-42(36)47(44(38)43(37)45)32-25-21-30(22-26-32)29-19-23-31(24-20-29)46-40-16-8-4-12-34(40)35-13-5-9-17-41(35)46/h3-28H,1-2H3. The van der Waals surface area contributed by atoms with Crippen molar-refractivity contribution in [1.82, 2.24) is 9.13 Å². The molecule has 0 bridgehead atoms. The lowest BCUT2D eigenvalue weighted by Gasteiger charge is -2.23. The Balaban J connectivity index is 1.10. The Hall–Kier alpha value is -5.86. The van der Waals surface area contributed by atoms with Crippen LogP contribution in [0.5, 0.6) is 0 Å². The second-order valence-electron chi connectivity index (χ2n) is 13.4. The summed E-state index contributed by atoms with van der Waals surface area (Å²) in [5, 5.41) is 5.17. The van der Waals surface area contributed by atoms with Gasteiger partial charge in [-0.05, 0) is 75.8 Å². The Labute approximate surface area is 273 Å². The second kappa shape index (κ2) is 9.57. The maximum atomic E-state index is 2.49. The Kier molecular flexibility index (Phi) is 5.37. The molecule has 0 unspecified atom stereocenters. The molecule has 0 radical (unpaired) electrons. The highest BCUT2D eigenvalue weighted by atomic mass is 15.0. The summed E-state index contributed by atoms with van der Waals surface area (Å²) in [6.07, 6.45) is 0. The van der Waals surface area contributed by atoms with Gasteiger partial charge in [-0.2, -0.15) is 0 Å². The van der Waals surface area contributed by atoms with Crippen LogP contribution in [0, 0.1) is 0 Å². The SMILES string of the molecule is CC1(C)c2ccccc2-c2ccc3c4ccccc4n(-c4ccc(-c5ccc(-n6c7ccccc7c7ccccc76)cc5)cc4)c3c21. The minimum absolute atomic E-state index is 0.102. The molecule has 7 aromatic carbocycles. The van der Waals surface area contributed by atoms with Crippen molar-refractivity contribution < 1.29 is 0 Å².